The van der Waals surface area contributed by atoms with E-state index in [0.29, 0.717) is 5.92 Å². The van der Waals surface area contributed by atoms with E-state index in [2.05, 4.69) is 0 Å². The number of carbonyl (C=O) groups is 1. The van der Waals surface area contributed by atoms with Crippen LogP contribution in [-0.4, -0.2) is 17.1 Å². The first kappa shape index (κ1) is 11.5. The van der Waals surface area contributed by atoms with Crippen LogP contribution in [0.25, 0.3) is 0 Å². The molecule has 1 rings (SSSR count). The van der Waals surface area contributed by atoms with Gasteiger partial charge in [-0.25, -0.2) is 0 Å². The van der Waals surface area contributed by atoms with Gasteiger partial charge in [0, 0.05) is 12.5 Å². The van der Waals surface area contributed by atoms with Crippen molar-refractivity contribution in [3.63, 3.8) is 0 Å². The molecule has 0 radical (unpaired) electrons. The zero-order valence-electron chi connectivity index (χ0n) is 8.91. The maximum absolute atomic E-state index is 10.7. The molecule has 1 saturated carbocycles. The number of hydrogen-bond donors (Lipinski definition) is 2. The summed E-state index contributed by atoms with van der Waals surface area (Å²) in [7, 11) is 0. The van der Waals surface area contributed by atoms with Crippen LogP contribution in [0.2, 0.25) is 0 Å². The van der Waals surface area contributed by atoms with E-state index in [0.717, 1.165) is 0 Å². The van der Waals surface area contributed by atoms with E-state index in [9.17, 15) is 4.79 Å². The first-order valence-electron chi connectivity index (χ1n) is 5.58. The number of rotatable bonds is 4. The summed E-state index contributed by atoms with van der Waals surface area (Å²) in [5, 5.41) is 8.81. The first-order valence-corrected chi connectivity index (χ1v) is 5.58. The van der Waals surface area contributed by atoms with E-state index in [4.69, 9.17) is 10.8 Å². The van der Waals surface area contributed by atoms with Gasteiger partial charge >= 0.3 is 5.97 Å². The van der Waals surface area contributed by atoms with Crippen LogP contribution in [0, 0.1) is 11.8 Å². The fourth-order valence-electron chi connectivity index (χ4n) is 2.55. The fourth-order valence-corrected chi connectivity index (χ4v) is 2.55. The van der Waals surface area contributed by atoms with Gasteiger partial charge < -0.3 is 10.8 Å². The molecule has 1 aliphatic rings. The molecule has 3 nitrogen and oxygen atoms in total. The Labute approximate surface area is 85.7 Å². The van der Waals surface area contributed by atoms with E-state index in [1.165, 1.54) is 32.1 Å². The highest BCUT2D eigenvalue weighted by molar-refractivity contribution is 5.67. The molecule has 0 amide bonds. The van der Waals surface area contributed by atoms with Gasteiger partial charge in [-0.2, -0.15) is 0 Å². The Kier molecular flexibility index (Phi) is 4.39. The van der Waals surface area contributed by atoms with Crippen LogP contribution in [0.15, 0.2) is 0 Å². The minimum Gasteiger partial charge on any atom is -0.481 e. The van der Waals surface area contributed by atoms with Gasteiger partial charge in [0.2, 0.25) is 0 Å². The Hall–Kier alpha value is -0.570. The summed E-state index contributed by atoms with van der Waals surface area (Å²) in [6.07, 6.45) is 6.36. The van der Waals surface area contributed by atoms with Crippen LogP contribution in [0.1, 0.15) is 45.4 Å². The van der Waals surface area contributed by atoms with Crippen molar-refractivity contribution in [1.82, 2.24) is 0 Å². The molecule has 0 spiro atoms. The molecule has 0 aromatic carbocycles. The van der Waals surface area contributed by atoms with Gasteiger partial charge in [0.1, 0.15) is 0 Å². The fraction of sp³-hybridized carbons (Fsp3) is 0.909. The quantitative estimate of drug-likeness (QED) is 0.728. The molecule has 1 fully saturated rings. The van der Waals surface area contributed by atoms with Crippen molar-refractivity contribution in [2.75, 3.05) is 0 Å². The summed E-state index contributed by atoms with van der Waals surface area (Å²) in [5.74, 6) is 0.00511. The minimum absolute atomic E-state index is 0.00852. The van der Waals surface area contributed by atoms with Crippen molar-refractivity contribution in [3.8, 4) is 0 Å². The molecule has 2 unspecified atom stereocenters. The summed E-state index contributed by atoms with van der Waals surface area (Å²) in [4.78, 5) is 10.7. The van der Waals surface area contributed by atoms with Crippen LogP contribution >= 0.6 is 0 Å². The van der Waals surface area contributed by atoms with E-state index < -0.39 is 5.97 Å². The Morgan fingerprint density at radius 2 is 2.00 bits per heavy atom. The van der Waals surface area contributed by atoms with Crippen molar-refractivity contribution in [1.29, 1.82) is 0 Å². The zero-order valence-corrected chi connectivity index (χ0v) is 8.91. The van der Waals surface area contributed by atoms with Crippen molar-refractivity contribution in [2.24, 2.45) is 17.6 Å². The molecule has 0 aromatic rings. The summed E-state index contributed by atoms with van der Waals surface area (Å²) in [5.41, 5.74) is 5.85. The molecular formula is C11H21NO2. The van der Waals surface area contributed by atoms with Gasteiger partial charge in [-0.1, -0.05) is 32.1 Å². The van der Waals surface area contributed by atoms with Crippen molar-refractivity contribution in [2.45, 2.75) is 51.5 Å². The number of nitrogens with two attached hydrogens (primary N) is 1. The predicted molar refractivity (Wildman–Crippen MR) is 56.0 cm³/mol. The molecule has 3 N–H and O–H groups in total. The van der Waals surface area contributed by atoms with Gasteiger partial charge in [0.25, 0.3) is 0 Å². The van der Waals surface area contributed by atoms with E-state index in [1.807, 2.05) is 6.92 Å². The summed E-state index contributed by atoms with van der Waals surface area (Å²) in [6.45, 7) is 1.93. The highest BCUT2D eigenvalue weighted by atomic mass is 16.4. The Morgan fingerprint density at radius 3 is 2.43 bits per heavy atom. The predicted octanol–water partition coefficient (Wildman–Crippen LogP) is 2.00. The molecule has 0 aromatic heterocycles. The summed E-state index contributed by atoms with van der Waals surface area (Å²) >= 11 is 0. The smallest absolute Gasteiger partial charge is 0.303 e. The number of aliphatic carboxylic acids is 1. The molecule has 0 bridgehead atoms. The Bertz CT molecular complexity index is 186. The van der Waals surface area contributed by atoms with Crippen LogP contribution < -0.4 is 5.73 Å². The van der Waals surface area contributed by atoms with Crippen LogP contribution in [0.5, 0.6) is 0 Å². The van der Waals surface area contributed by atoms with Crippen LogP contribution in [0.4, 0.5) is 0 Å². The second-order valence-corrected chi connectivity index (χ2v) is 4.52. The average Bonchev–Trinajstić information content (AvgIpc) is 2.15. The number of carboxylic acids is 1. The lowest BCUT2D eigenvalue weighted by atomic mass is 9.76. The highest BCUT2D eigenvalue weighted by Crippen LogP contribution is 2.33. The minimum atomic E-state index is -0.710. The maximum Gasteiger partial charge on any atom is 0.303 e. The Balaban J connectivity index is 2.51. The van der Waals surface area contributed by atoms with Gasteiger partial charge in [-0.15, -0.1) is 0 Å². The molecular weight excluding hydrogens is 178 g/mol. The average molecular weight is 199 g/mol. The second kappa shape index (κ2) is 5.35. The third-order valence-corrected chi connectivity index (χ3v) is 3.34. The first-order chi connectivity index (χ1) is 6.61. The lowest BCUT2D eigenvalue weighted by molar-refractivity contribution is -0.138. The molecule has 3 heteroatoms. The molecule has 2 atom stereocenters. The molecule has 0 saturated heterocycles. The van der Waals surface area contributed by atoms with Crippen molar-refractivity contribution >= 4 is 5.97 Å². The van der Waals surface area contributed by atoms with E-state index in [-0.39, 0.29) is 18.4 Å². The lowest BCUT2D eigenvalue weighted by Crippen LogP contribution is -2.35. The van der Waals surface area contributed by atoms with Gasteiger partial charge in [-0.05, 0) is 18.8 Å². The molecule has 1 aliphatic carbocycles. The standard InChI is InChI=1S/C11H21NO2/c1-8(12)10(7-11(13)14)9-5-3-2-4-6-9/h8-10H,2-7,12H2,1H3,(H,13,14). The monoisotopic (exact) mass is 199 g/mol. The molecule has 14 heavy (non-hydrogen) atoms. The normalized spacial score (nSPS) is 23.0. The molecule has 82 valence electrons. The van der Waals surface area contributed by atoms with E-state index in [1.54, 1.807) is 0 Å². The number of carboxylic acid groups (broad SMARTS) is 1. The second-order valence-electron chi connectivity index (χ2n) is 4.52. The zero-order chi connectivity index (χ0) is 10.6. The van der Waals surface area contributed by atoms with Crippen molar-refractivity contribution in [3.05, 3.63) is 0 Å². The maximum atomic E-state index is 10.7. The highest BCUT2D eigenvalue weighted by Gasteiger charge is 2.28. The SMILES string of the molecule is CC(N)C(CC(=O)O)C1CCCCC1. The third kappa shape index (κ3) is 3.29. The van der Waals surface area contributed by atoms with Crippen LogP contribution in [-0.2, 0) is 4.79 Å². The molecule has 0 aliphatic heterocycles. The topological polar surface area (TPSA) is 63.3 Å². The number of hydrogen-bond acceptors (Lipinski definition) is 2. The summed E-state index contributed by atoms with van der Waals surface area (Å²) < 4.78 is 0. The van der Waals surface area contributed by atoms with Crippen molar-refractivity contribution < 1.29 is 9.90 Å². The van der Waals surface area contributed by atoms with E-state index >= 15 is 0 Å². The van der Waals surface area contributed by atoms with Crippen LogP contribution in [0.3, 0.4) is 0 Å². The largest absolute Gasteiger partial charge is 0.481 e. The summed E-state index contributed by atoms with van der Waals surface area (Å²) in [6, 6.07) is 0.00852. The lowest BCUT2D eigenvalue weighted by Gasteiger charge is -2.31. The Morgan fingerprint density at radius 1 is 1.43 bits per heavy atom. The van der Waals surface area contributed by atoms with Gasteiger partial charge in [0.15, 0.2) is 0 Å². The third-order valence-electron chi connectivity index (χ3n) is 3.34. The van der Waals surface area contributed by atoms with Gasteiger partial charge in [-0.3, -0.25) is 4.79 Å². The van der Waals surface area contributed by atoms with Gasteiger partial charge in [0.05, 0.1) is 0 Å². The molecule has 0 heterocycles.